The molecule has 0 atom stereocenters. The summed E-state index contributed by atoms with van der Waals surface area (Å²) in [6, 6.07) is 17.6. The van der Waals surface area contributed by atoms with Gasteiger partial charge in [0.1, 0.15) is 5.70 Å². The van der Waals surface area contributed by atoms with Crippen molar-refractivity contribution in [1.82, 2.24) is 10.6 Å². The van der Waals surface area contributed by atoms with Crippen molar-refractivity contribution in [2.45, 2.75) is 12.8 Å². The van der Waals surface area contributed by atoms with Gasteiger partial charge in [0.25, 0.3) is 11.8 Å². The zero-order chi connectivity index (χ0) is 18.8. The van der Waals surface area contributed by atoms with E-state index in [0.29, 0.717) is 5.56 Å². The highest BCUT2D eigenvalue weighted by Gasteiger charge is 2.14. The van der Waals surface area contributed by atoms with Crippen LogP contribution in [-0.4, -0.2) is 24.3 Å². The van der Waals surface area contributed by atoms with Crippen molar-refractivity contribution in [1.29, 1.82) is 0 Å². The molecule has 2 rings (SSSR count). The van der Waals surface area contributed by atoms with Crippen LogP contribution >= 0.6 is 0 Å². The molecule has 0 fully saturated rings. The highest BCUT2D eigenvalue weighted by Crippen LogP contribution is 2.07. The maximum atomic E-state index is 12.4. The molecule has 134 valence electrons. The van der Waals surface area contributed by atoms with E-state index in [9.17, 15) is 19.5 Å². The van der Waals surface area contributed by atoms with Crippen LogP contribution in [0.4, 0.5) is 0 Å². The van der Waals surface area contributed by atoms with E-state index in [-0.39, 0.29) is 25.1 Å². The summed E-state index contributed by atoms with van der Waals surface area (Å²) in [7, 11) is 0. The molecule has 2 aromatic rings. The number of hydrogen-bond acceptors (Lipinski definition) is 4. The van der Waals surface area contributed by atoms with E-state index in [4.69, 9.17) is 0 Å². The van der Waals surface area contributed by atoms with Crippen molar-refractivity contribution in [3.63, 3.8) is 0 Å². The third-order valence-electron chi connectivity index (χ3n) is 3.48. The second kappa shape index (κ2) is 9.78. The molecule has 2 aromatic carbocycles. The molecule has 0 aliphatic heterocycles. The van der Waals surface area contributed by atoms with E-state index in [2.05, 4.69) is 10.6 Å². The number of carbonyl (C=O) groups excluding carboxylic acids is 3. The van der Waals surface area contributed by atoms with Crippen LogP contribution in [-0.2, 0) is 9.59 Å². The van der Waals surface area contributed by atoms with Gasteiger partial charge in [0.15, 0.2) is 0 Å². The van der Waals surface area contributed by atoms with Crippen LogP contribution in [0.15, 0.2) is 66.4 Å². The van der Waals surface area contributed by atoms with Crippen LogP contribution in [0.3, 0.4) is 0 Å². The highest BCUT2D eigenvalue weighted by atomic mass is 16.4. The first-order valence-electron chi connectivity index (χ1n) is 8.17. The number of nitrogens with one attached hydrogen (secondary N) is 2. The standard InChI is InChI=1S/C20H20N2O4/c23-18(24)12-7-13-21-20(26)17(14-15-8-3-1-4-9-15)22-19(25)16-10-5-2-6-11-16/h1-6,8-11,14H,7,12-13H2,(H,21,26)(H,22,25)(H,23,24)/p-1/b17-14+. The molecule has 6 nitrogen and oxygen atoms in total. The minimum absolute atomic E-state index is 0.0819. The second-order valence-corrected chi connectivity index (χ2v) is 5.52. The monoisotopic (exact) mass is 351 g/mol. The molecule has 6 heteroatoms. The summed E-state index contributed by atoms with van der Waals surface area (Å²) in [4.78, 5) is 35.2. The minimum atomic E-state index is -1.17. The first-order valence-corrected chi connectivity index (χ1v) is 8.17. The van der Waals surface area contributed by atoms with Gasteiger partial charge in [-0.3, -0.25) is 9.59 Å². The topological polar surface area (TPSA) is 98.3 Å². The maximum Gasteiger partial charge on any atom is 0.267 e. The second-order valence-electron chi connectivity index (χ2n) is 5.52. The number of hydrogen-bond donors (Lipinski definition) is 2. The number of rotatable bonds is 8. The van der Waals surface area contributed by atoms with Gasteiger partial charge < -0.3 is 20.5 Å². The molecule has 2 N–H and O–H groups in total. The van der Waals surface area contributed by atoms with Gasteiger partial charge in [0.05, 0.1) is 0 Å². The summed E-state index contributed by atoms with van der Waals surface area (Å²) in [5, 5.41) is 15.6. The first-order chi connectivity index (χ1) is 12.6. The van der Waals surface area contributed by atoms with Crippen molar-refractivity contribution in [3.05, 3.63) is 77.5 Å². The van der Waals surface area contributed by atoms with Crippen molar-refractivity contribution in [2.75, 3.05) is 6.54 Å². The molecule has 0 unspecified atom stereocenters. The van der Waals surface area contributed by atoms with Gasteiger partial charge in [-0.25, -0.2) is 0 Å². The Kier molecular flexibility index (Phi) is 7.12. The Labute approximate surface area is 151 Å². The molecule has 0 aliphatic rings. The number of carboxylic acid groups (broad SMARTS) is 1. The fourth-order valence-corrected chi connectivity index (χ4v) is 2.19. The lowest BCUT2D eigenvalue weighted by molar-refractivity contribution is -0.305. The van der Waals surface area contributed by atoms with E-state index in [1.165, 1.54) is 0 Å². The predicted molar refractivity (Wildman–Crippen MR) is 95.6 cm³/mol. The quantitative estimate of drug-likeness (QED) is 0.550. The Morgan fingerprint density at radius 3 is 2.15 bits per heavy atom. The molecule has 0 aliphatic carbocycles. The van der Waals surface area contributed by atoms with Gasteiger partial charge in [0, 0.05) is 18.1 Å². The van der Waals surface area contributed by atoms with Gasteiger partial charge in [-0.15, -0.1) is 0 Å². The van der Waals surface area contributed by atoms with Crippen molar-refractivity contribution < 1.29 is 19.5 Å². The van der Waals surface area contributed by atoms with Gasteiger partial charge >= 0.3 is 0 Å². The van der Waals surface area contributed by atoms with Crippen LogP contribution in [0.1, 0.15) is 28.8 Å². The average molecular weight is 351 g/mol. The Morgan fingerprint density at radius 2 is 1.54 bits per heavy atom. The van der Waals surface area contributed by atoms with Crippen molar-refractivity contribution in [2.24, 2.45) is 0 Å². The lowest BCUT2D eigenvalue weighted by Gasteiger charge is -2.11. The molecule has 0 saturated carbocycles. The Balaban J connectivity index is 2.11. The van der Waals surface area contributed by atoms with Crippen LogP contribution in [0.5, 0.6) is 0 Å². The van der Waals surface area contributed by atoms with E-state index in [1.54, 1.807) is 48.5 Å². The molecule has 0 heterocycles. The summed E-state index contributed by atoms with van der Waals surface area (Å²) in [5.41, 5.74) is 1.26. The summed E-state index contributed by atoms with van der Waals surface area (Å²) < 4.78 is 0. The van der Waals surface area contributed by atoms with Gasteiger partial charge in [0.2, 0.25) is 0 Å². The zero-order valence-electron chi connectivity index (χ0n) is 14.1. The number of aliphatic carboxylic acids is 1. The smallest absolute Gasteiger partial charge is 0.267 e. The lowest BCUT2D eigenvalue weighted by Crippen LogP contribution is -2.35. The highest BCUT2D eigenvalue weighted by molar-refractivity contribution is 6.05. The molecular formula is C20H19N2O4-. The minimum Gasteiger partial charge on any atom is -0.550 e. The van der Waals surface area contributed by atoms with E-state index in [0.717, 1.165) is 5.56 Å². The number of carboxylic acids is 1. The Bertz CT molecular complexity index is 786. The molecule has 0 spiro atoms. The summed E-state index contributed by atoms with van der Waals surface area (Å²) in [6.45, 7) is 0.167. The normalized spacial score (nSPS) is 10.8. The predicted octanol–water partition coefficient (Wildman–Crippen LogP) is 1.10. The van der Waals surface area contributed by atoms with Crippen LogP contribution in [0.2, 0.25) is 0 Å². The summed E-state index contributed by atoms with van der Waals surface area (Å²) in [5.74, 6) is -2.06. The van der Waals surface area contributed by atoms with Crippen LogP contribution in [0, 0.1) is 0 Å². The molecular weight excluding hydrogens is 332 g/mol. The molecule has 0 radical (unpaired) electrons. The fourth-order valence-electron chi connectivity index (χ4n) is 2.19. The third kappa shape index (κ3) is 6.24. The van der Waals surface area contributed by atoms with E-state index in [1.807, 2.05) is 18.2 Å². The van der Waals surface area contributed by atoms with Gasteiger partial charge in [-0.05, 0) is 36.6 Å². The first kappa shape index (κ1) is 18.9. The number of benzene rings is 2. The number of amides is 2. The molecule has 0 bridgehead atoms. The zero-order valence-corrected chi connectivity index (χ0v) is 14.1. The van der Waals surface area contributed by atoms with Crippen LogP contribution in [0.25, 0.3) is 6.08 Å². The van der Waals surface area contributed by atoms with Crippen molar-refractivity contribution >= 4 is 23.9 Å². The number of carbonyl (C=O) groups is 3. The van der Waals surface area contributed by atoms with Gasteiger partial charge in [-0.2, -0.15) is 0 Å². The SMILES string of the molecule is O=C([O-])CCCNC(=O)/C(=C\c1ccccc1)NC(=O)c1ccccc1. The Morgan fingerprint density at radius 1 is 0.923 bits per heavy atom. The van der Waals surface area contributed by atoms with Crippen LogP contribution < -0.4 is 15.7 Å². The van der Waals surface area contributed by atoms with Gasteiger partial charge in [-0.1, -0.05) is 48.5 Å². The van der Waals surface area contributed by atoms with E-state index < -0.39 is 17.8 Å². The average Bonchev–Trinajstić information content (AvgIpc) is 2.66. The lowest BCUT2D eigenvalue weighted by atomic mass is 10.1. The molecule has 26 heavy (non-hydrogen) atoms. The molecule has 2 amide bonds. The van der Waals surface area contributed by atoms with Crippen molar-refractivity contribution in [3.8, 4) is 0 Å². The fraction of sp³-hybridized carbons (Fsp3) is 0.150. The molecule has 0 aromatic heterocycles. The largest absolute Gasteiger partial charge is 0.550 e. The maximum absolute atomic E-state index is 12.4. The van der Waals surface area contributed by atoms with E-state index >= 15 is 0 Å². The summed E-state index contributed by atoms with van der Waals surface area (Å²) in [6.07, 6.45) is 1.67. The third-order valence-corrected chi connectivity index (χ3v) is 3.48. The molecule has 0 saturated heterocycles. The Hall–Kier alpha value is -3.41. The summed E-state index contributed by atoms with van der Waals surface area (Å²) >= 11 is 0.